The predicted octanol–water partition coefficient (Wildman–Crippen LogP) is 3.79. The molecule has 0 aliphatic heterocycles. The Bertz CT molecular complexity index is 866. The average molecular weight is 385 g/mol. The topological polar surface area (TPSA) is 66.7 Å². The lowest BCUT2D eigenvalue weighted by molar-refractivity contribution is -0.142. The molecule has 0 saturated carbocycles. The van der Waals surface area contributed by atoms with Gasteiger partial charge in [-0.1, -0.05) is 24.3 Å². The van der Waals surface area contributed by atoms with Gasteiger partial charge in [-0.15, -0.1) is 0 Å². The standard InChI is InChI=1S/C21H24N2O3S/c1-2-26-21(24)20(27(25)19-12-4-3-5-13-19)14-7-6-9-17-10-8-11-18-15-22-16-23(17)18/h3-5,8,10-13,15-16,20H,2,6-7,9,14H2,1H3. The maximum Gasteiger partial charge on any atom is 0.359 e. The number of aromatic nitrogens is 2. The minimum absolute atomic E-state index is 0.296. The van der Waals surface area contributed by atoms with Crippen molar-refractivity contribution in [1.82, 2.24) is 9.38 Å². The zero-order valence-corrected chi connectivity index (χ0v) is 16.2. The number of ether oxygens (including phenoxy) is 1. The second kappa shape index (κ2) is 9.58. The molecule has 2 heterocycles. The van der Waals surface area contributed by atoms with Gasteiger partial charge in [-0.3, -0.25) is 0 Å². The number of carbonyl (C=O) groups is 1. The zero-order valence-electron chi connectivity index (χ0n) is 15.4. The van der Waals surface area contributed by atoms with E-state index in [1.807, 2.05) is 42.9 Å². The molecule has 6 heteroatoms. The molecule has 0 fully saturated rings. The van der Waals surface area contributed by atoms with Crippen molar-refractivity contribution in [2.75, 3.05) is 6.61 Å². The van der Waals surface area contributed by atoms with Crippen LogP contribution in [0.4, 0.5) is 0 Å². The van der Waals surface area contributed by atoms with Gasteiger partial charge in [-0.2, -0.15) is 0 Å². The van der Waals surface area contributed by atoms with E-state index in [4.69, 9.17) is 4.74 Å². The molecule has 2 atom stereocenters. The third-order valence-electron chi connectivity index (χ3n) is 4.46. The highest BCUT2D eigenvalue weighted by atomic mass is 32.2. The molecule has 0 aliphatic rings. The van der Waals surface area contributed by atoms with Gasteiger partial charge >= 0.3 is 5.97 Å². The van der Waals surface area contributed by atoms with Crippen molar-refractivity contribution in [1.29, 1.82) is 0 Å². The van der Waals surface area contributed by atoms with Crippen molar-refractivity contribution in [3.05, 3.63) is 66.7 Å². The van der Waals surface area contributed by atoms with E-state index >= 15 is 0 Å². The Morgan fingerprint density at radius 2 is 2.00 bits per heavy atom. The minimum Gasteiger partial charge on any atom is -0.611 e. The molecular formula is C21H24N2O3S. The number of nitrogens with zero attached hydrogens (tertiary/aromatic N) is 2. The molecule has 0 aliphatic carbocycles. The van der Waals surface area contributed by atoms with Crippen LogP contribution in [0.15, 0.2) is 66.0 Å². The Balaban J connectivity index is 1.61. The van der Waals surface area contributed by atoms with Crippen LogP contribution in [0, 0.1) is 0 Å². The van der Waals surface area contributed by atoms with Crippen LogP contribution < -0.4 is 0 Å². The molecule has 0 bridgehead atoms. The average Bonchev–Trinajstić information content (AvgIpc) is 3.18. The van der Waals surface area contributed by atoms with Crippen LogP contribution >= 0.6 is 0 Å². The van der Waals surface area contributed by atoms with Crippen molar-refractivity contribution in [3.8, 4) is 0 Å². The lowest BCUT2D eigenvalue weighted by atomic mass is 10.1. The SMILES string of the molecule is CCOC(=O)C(CCCCc1cccc2cncn12)[S+]([O-])c1ccccc1. The number of carbonyl (C=O) groups excluding carboxylic acids is 1. The molecule has 0 amide bonds. The van der Waals surface area contributed by atoms with Crippen LogP contribution in [0.25, 0.3) is 5.52 Å². The van der Waals surface area contributed by atoms with Crippen molar-refractivity contribution >= 4 is 22.7 Å². The number of hydrogen-bond donors (Lipinski definition) is 0. The first-order valence-electron chi connectivity index (χ1n) is 9.23. The summed E-state index contributed by atoms with van der Waals surface area (Å²) < 4.78 is 20.1. The number of fused-ring (bicyclic) bond motifs is 1. The summed E-state index contributed by atoms with van der Waals surface area (Å²) in [5.74, 6) is -0.378. The van der Waals surface area contributed by atoms with E-state index in [1.54, 1.807) is 19.1 Å². The summed E-state index contributed by atoms with van der Waals surface area (Å²) in [6.45, 7) is 2.07. The third kappa shape index (κ3) is 4.90. The molecule has 1 aromatic carbocycles. The Morgan fingerprint density at radius 1 is 1.19 bits per heavy atom. The van der Waals surface area contributed by atoms with E-state index in [1.165, 1.54) is 5.69 Å². The Morgan fingerprint density at radius 3 is 2.78 bits per heavy atom. The number of pyridine rings is 1. The van der Waals surface area contributed by atoms with Crippen molar-refractivity contribution in [2.24, 2.45) is 0 Å². The van der Waals surface area contributed by atoms with Crippen molar-refractivity contribution in [2.45, 2.75) is 42.8 Å². The smallest absolute Gasteiger partial charge is 0.359 e. The maximum atomic E-state index is 12.9. The summed E-state index contributed by atoms with van der Waals surface area (Å²) in [4.78, 5) is 17.2. The summed E-state index contributed by atoms with van der Waals surface area (Å²) in [5.41, 5.74) is 2.25. The molecule has 0 saturated heterocycles. The molecule has 5 nitrogen and oxygen atoms in total. The van der Waals surface area contributed by atoms with Gasteiger partial charge in [0.2, 0.25) is 5.25 Å². The van der Waals surface area contributed by atoms with Gasteiger partial charge in [0.15, 0.2) is 4.90 Å². The van der Waals surface area contributed by atoms with Gasteiger partial charge in [-0.05, 0) is 61.6 Å². The Labute approximate surface area is 162 Å². The number of unbranched alkanes of at least 4 members (excludes halogenated alkanes) is 1. The van der Waals surface area contributed by atoms with E-state index < -0.39 is 16.4 Å². The predicted molar refractivity (Wildman–Crippen MR) is 106 cm³/mol. The van der Waals surface area contributed by atoms with Gasteiger partial charge in [0.1, 0.15) is 0 Å². The van der Waals surface area contributed by atoms with E-state index in [-0.39, 0.29) is 5.97 Å². The van der Waals surface area contributed by atoms with E-state index in [0.29, 0.717) is 17.9 Å². The Hall–Kier alpha value is -2.31. The lowest BCUT2D eigenvalue weighted by Gasteiger charge is -2.20. The Kier molecular flexibility index (Phi) is 6.90. The third-order valence-corrected chi connectivity index (χ3v) is 6.15. The quantitative estimate of drug-likeness (QED) is 0.320. The second-order valence-corrected chi connectivity index (χ2v) is 7.94. The first-order chi connectivity index (χ1) is 13.2. The molecule has 0 radical (unpaired) electrons. The molecule has 3 aromatic rings. The van der Waals surface area contributed by atoms with Gasteiger partial charge < -0.3 is 13.7 Å². The summed E-state index contributed by atoms with van der Waals surface area (Å²) in [7, 11) is 0. The van der Waals surface area contributed by atoms with Crippen LogP contribution in [0.2, 0.25) is 0 Å². The number of benzene rings is 1. The fraction of sp³-hybridized carbons (Fsp3) is 0.333. The van der Waals surface area contributed by atoms with Crippen LogP contribution in [-0.2, 0) is 27.1 Å². The molecule has 142 valence electrons. The van der Waals surface area contributed by atoms with Crippen LogP contribution in [0.5, 0.6) is 0 Å². The number of imidazole rings is 1. The largest absolute Gasteiger partial charge is 0.611 e. The molecule has 0 spiro atoms. The van der Waals surface area contributed by atoms with Gasteiger partial charge in [0.25, 0.3) is 0 Å². The zero-order chi connectivity index (χ0) is 19.1. The highest BCUT2D eigenvalue weighted by Gasteiger charge is 2.33. The molecule has 2 unspecified atom stereocenters. The van der Waals surface area contributed by atoms with Crippen molar-refractivity contribution < 1.29 is 14.1 Å². The van der Waals surface area contributed by atoms with Gasteiger partial charge in [0, 0.05) is 12.1 Å². The summed E-state index contributed by atoms with van der Waals surface area (Å²) in [6, 6.07) is 15.3. The fourth-order valence-corrected chi connectivity index (χ4v) is 4.49. The number of rotatable bonds is 9. The number of aryl methyl sites for hydroxylation is 1. The highest BCUT2D eigenvalue weighted by molar-refractivity contribution is 7.92. The van der Waals surface area contributed by atoms with Crippen molar-refractivity contribution in [3.63, 3.8) is 0 Å². The lowest BCUT2D eigenvalue weighted by Crippen LogP contribution is -2.32. The number of hydrogen-bond acceptors (Lipinski definition) is 4. The van der Waals surface area contributed by atoms with Crippen LogP contribution in [0.3, 0.4) is 0 Å². The molecule has 3 rings (SSSR count). The van der Waals surface area contributed by atoms with E-state index in [9.17, 15) is 9.35 Å². The fourth-order valence-electron chi connectivity index (χ4n) is 3.11. The van der Waals surface area contributed by atoms with E-state index in [2.05, 4.69) is 15.5 Å². The first-order valence-corrected chi connectivity index (χ1v) is 10.4. The normalized spacial score (nSPS) is 13.4. The summed E-state index contributed by atoms with van der Waals surface area (Å²) >= 11 is -1.41. The van der Waals surface area contributed by atoms with Gasteiger partial charge in [0.05, 0.1) is 24.6 Å². The van der Waals surface area contributed by atoms with Crippen LogP contribution in [0.1, 0.15) is 31.9 Å². The molecule has 2 aromatic heterocycles. The van der Waals surface area contributed by atoms with E-state index in [0.717, 1.165) is 24.8 Å². The summed E-state index contributed by atoms with van der Waals surface area (Å²) in [6.07, 6.45) is 6.77. The highest BCUT2D eigenvalue weighted by Crippen LogP contribution is 2.22. The summed E-state index contributed by atoms with van der Waals surface area (Å²) in [5, 5.41) is -0.628. The first kappa shape index (κ1) is 19.5. The molecule has 27 heavy (non-hydrogen) atoms. The molecular weight excluding hydrogens is 360 g/mol. The maximum absolute atomic E-state index is 12.9. The minimum atomic E-state index is -1.41. The number of esters is 1. The monoisotopic (exact) mass is 384 g/mol. The molecule has 0 N–H and O–H groups in total. The van der Waals surface area contributed by atoms with Gasteiger partial charge in [-0.25, -0.2) is 9.78 Å². The second-order valence-electron chi connectivity index (χ2n) is 6.30. The van der Waals surface area contributed by atoms with Crippen LogP contribution in [-0.4, -0.2) is 31.8 Å².